The van der Waals surface area contributed by atoms with Gasteiger partial charge in [-0.05, 0) is 61.4 Å². The highest BCUT2D eigenvalue weighted by Gasteiger charge is 2.30. The van der Waals surface area contributed by atoms with E-state index in [-0.39, 0.29) is 32.3 Å². The smallest absolute Gasteiger partial charge is 0.278 e. The lowest BCUT2D eigenvalue weighted by Gasteiger charge is -2.20. The van der Waals surface area contributed by atoms with Gasteiger partial charge in [-0.1, -0.05) is 60.7 Å². The SMILES string of the molecule is Cc1ccccc1S(=O)(=O)N(Cl)c1cccc(C(=O)c2ccccc2N(Cl)S(=O)(=O)c2ccccc2C)c1. The Hall–Kier alpha value is -3.37. The molecule has 0 heterocycles. The van der Waals surface area contributed by atoms with Crippen molar-refractivity contribution in [2.24, 2.45) is 0 Å². The van der Waals surface area contributed by atoms with Gasteiger partial charge in [-0.3, -0.25) is 4.79 Å². The number of hydrogen-bond acceptors (Lipinski definition) is 5. The Morgan fingerprint density at radius 2 is 1.13 bits per heavy atom. The largest absolute Gasteiger partial charge is 0.289 e. The van der Waals surface area contributed by atoms with E-state index in [9.17, 15) is 21.6 Å². The van der Waals surface area contributed by atoms with Crippen LogP contribution in [0.5, 0.6) is 0 Å². The van der Waals surface area contributed by atoms with Crippen LogP contribution in [0.2, 0.25) is 0 Å². The van der Waals surface area contributed by atoms with E-state index in [0.29, 0.717) is 18.8 Å². The Morgan fingerprint density at radius 1 is 0.632 bits per heavy atom. The highest BCUT2D eigenvalue weighted by molar-refractivity contribution is 7.94. The van der Waals surface area contributed by atoms with Gasteiger partial charge in [0.15, 0.2) is 5.78 Å². The Balaban J connectivity index is 1.72. The zero-order chi connectivity index (χ0) is 27.7. The first kappa shape index (κ1) is 27.7. The lowest BCUT2D eigenvalue weighted by Crippen LogP contribution is -2.24. The molecule has 0 unspecified atom stereocenters. The van der Waals surface area contributed by atoms with Crippen molar-refractivity contribution in [1.29, 1.82) is 0 Å². The molecule has 7 nitrogen and oxygen atoms in total. The van der Waals surface area contributed by atoms with Gasteiger partial charge in [0, 0.05) is 34.7 Å². The van der Waals surface area contributed by atoms with Crippen molar-refractivity contribution in [2.75, 3.05) is 7.65 Å². The van der Waals surface area contributed by atoms with E-state index in [0.717, 1.165) is 0 Å². The summed E-state index contributed by atoms with van der Waals surface area (Å²) in [7, 11) is -8.33. The fraction of sp³-hybridized carbons (Fsp3) is 0.0741. The van der Waals surface area contributed by atoms with Crippen LogP contribution < -0.4 is 7.65 Å². The number of hydrogen-bond donors (Lipinski definition) is 0. The number of para-hydroxylation sites is 1. The van der Waals surface area contributed by atoms with E-state index < -0.39 is 25.8 Å². The fourth-order valence-electron chi connectivity index (χ4n) is 3.86. The molecule has 0 saturated carbocycles. The molecule has 0 atom stereocenters. The first-order valence-corrected chi connectivity index (χ1v) is 14.8. The minimum atomic E-state index is -4.20. The number of sulfonamides is 2. The molecule has 0 radical (unpaired) electrons. The number of halogens is 2. The summed E-state index contributed by atoms with van der Waals surface area (Å²) in [5.74, 6) is -0.577. The molecular weight excluding hydrogens is 567 g/mol. The second-order valence-electron chi connectivity index (χ2n) is 8.37. The van der Waals surface area contributed by atoms with Gasteiger partial charge in [0.25, 0.3) is 20.0 Å². The van der Waals surface area contributed by atoms with Crippen molar-refractivity contribution in [3.8, 4) is 0 Å². The zero-order valence-corrected chi connectivity index (χ0v) is 23.4. The van der Waals surface area contributed by atoms with Gasteiger partial charge in [0.1, 0.15) is 0 Å². The maximum Gasteiger partial charge on any atom is 0.278 e. The quantitative estimate of drug-likeness (QED) is 0.180. The molecule has 4 rings (SSSR count). The molecule has 0 aliphatic carbocycles. The summed E-state index contributed by atoms with van der Waals surface area (Å²) in [4.78, 5) is 13.6. The maximum absolute atomic E-state index is 13.6. The van der Waals surface area contributed by atoms with Gasteiger partial charge in [0.05, 0.1) is 21.2 Å². The predicted molar refractivity (Wildman–Crippen MR) is 150 cm³/mol. The van der Waals surface area contributed by atoms with E-state index in [4.69, 9.17) is 23.6 Å². The zero-order valence-electron chi connectivity index (χ0n) is 20.2. The standard InChI is InChI=1S/C27H22Cl2N2O5S2/c1-19-10-3-7-16-25(19)37(33,34)30(28)22-13-9-12-21(18-22)27(32)23-14-5-6-15-24(23)31(29)38(35,36)26-17-8-4-11-20(26)2/h3-18H,1-2H3. The summed E-state index contributed by atoms with van der Waals surface area (Å²) in [6.45, 7) is 3.29. The number of rotatable bonds is 8. The minimum Gasteiger partial charge on any atom is -0.289 e. The number of nitrogens with zero attached hydrogens (tertiary/aromatic N) is 2. The molecule has 196 valence electrons. The van der Waals surface area contributed by atoms with E-state index >= 15 is 0 Å². The summed E-state index contributed by atoms with van der Waals surface area (Å²) in [6.07, 6.45) is 0. The van der Waals surface area contributed by atoms with Crippen molar-refractivity contribution in [3.05, 3.63) is 119 Å². The van der Waals surface area contributed by atoms with Gasteiger partial charge in [-0.2, -0.15) is 24.5 Å². The van der Waals surface area contributed by atoms with Crippen molar-refractivity contribution >= 4 is 60.8 Å². The number of anilines is 2. The van der Waals surface area contributed by atoms with E-state index in [1.165, 1.54) is 48.5 Å². The third-order valence-electron chi connectivity index (χ3n) is 5.81. The number of ketones is 1. The molecule has 0 aliphatic rings. The van der Waals surface area contributed by atoms with Crippen LogP contribution in [0, 0.1) is 13.8 Å². The Kier molecular flexibility index (Phi) is 7.85. The average molecular weight is 590 g/mol. The first-order chi connectivity index (χ1) is 18.0. The number of aryl methyl sites for hydroxylation is 2. The maximum atomic E-state index is 13.6. The Morgan fingerprint density at radius 3 is 1.71 bits per heavy atom. The van der Waals surface area contributed by atoms with Crippen LogP contribution in [0.4, 0.5) is 11.4 Å². The van der Waals surface area contributed by atoms with Crippen LogP contribution in [-0.4, -0.2) is 22.6 Å². The van der Waals surface area contributed by atoms with Crippen LogP contribution in [-0.2, 0) is 20.0 Å². The van der Waals surface area contributed by atoms with Crippen LogP contribution in [0.1, 0.15) is 27.0 Å². The number of carbonyl (C=O) groups excluding carboxylic acids is 1. The van der Waals surface area contributed by atoms with Crippen molar-refractivity contribution in [3.63, 3.8) is 0 Å². The molecule has 0 spiro atoms. The van der Waals surface area contributed by atoms with E-state index in [1.807, 2.05) is 0 Å². The molecule has 0 aliphatic heterocycles. The lowest BCUT2D eigenvalue weighted by molar-refractivity contribution is 0.103. The van der Waals surface area contributed by atoms with Crippen molar-refractivity contribution < 1.29 is 21.6 Å². The van der Waals surface area contributed by atoms with Crippen molar-refractivity contribution in [1.82, 2.24) is 0 Å². The van der Waals surface area contributed by atoms with Gasteiger partial charge < -0.3 is 0 Å². The van der Waals surface area contributed by atoms with Gasteiger partial charge >= 0.3 is 0 Å². The molecule has 0 fully saturated rings. The number of carbonyl (C=O) groups is 1. The van der Waals surface area contributed by atoms with E-state index in [2.05, 4.69) is 0 Å². The molecule has 11 heteroatoms. The summed E-state index contributed by atoms with van der Waals surface area (Å²) in [5, 5.41) is 0. The lowest BCUT2D eigenvalue weighted by atomic mass is 10.0. The average Bonchev–Trinajstić information content (AvgIpc) is 2.92. The molecule has 0 aromatic heterocycles. The summed E-state index contributed by atoms with van der Waals surface area (Å²) < 4.78 is 53.9. The molecule has 0 bridgehead atoms. The van der Waals surface area contributed by atoms with Crippen molar-refractivity contribution in [2.45, 2.75) is 23.6 Å². The Labute approximate surface area is 232 Å². The molecule has 0 amide bonds. The molecule has 0 saturated heterocycles. The van der Waals surface area contributed by atoms with Crippen LogP contribution in [0.3, 0.4) is 0 Å². The normalized spacial score (nSPS) is 11.7. The highest BCUT2D eigenvalue weighted by atomic mass is 35.5. The van der Waals surface area contributed by atoms with Gasteiger partial charge in [0.2, 0.25) is 0 Å². The minimum absolute atomic E-state index is 0.000285. The highest BCUT2D eigenvalue weighted by Crippen LogP contribution is 2.33. The summed E-state index contributed by atoms with van der Waals surface area (Å²) >= 11 is 12.6. The summed E-state index contributed by atoms with van der Waals surface area (Å²) in [5.41, 5.74) is 1.07. The second kappa shape index (κ2) is 10.8. The van der Waals surface area contributed by atoms with Gasteiger partial charge in [-0.15, -0.1) is 0 Å². The number of benzene rings is 4. The van der Waals surface area contributed by atoms with Crippen LogP contribution in [0.25, 0.3) is 0 Å². The fourth-order valence-corrected chi connectivity index (χ4v) is 7.17. The van der Waals surface area contributed by atoms with Gasteiger partial charge in [-0.25, -0.2) is 0 Å². The summed E-state index contributed by atoms with van der Waals surface area (Å²) in [6, 6.07) is 24.4. The Bertz CT molecular complexity index is 1740. The molecule has 38 heavy (non-hydrogen) atoms. The topological polar surface area (TPSA) is 91.8 Å². The third-order valence-corrected chi connectivity index (χ3v) is 10.6. The first-order valence-electron chi connectivity index (χ1n) is 11.2. The molecule has 0 N–H and O–H groups in total. The molecule has 4 aromatic carbocycles. The van der Waals surface area contributed by atoms with E-state index in [1.54, 1.807) is 62.4 Å². The second-order valence-corrected chi connectivity index (χ2v) is 13.0. The molecule has 4 aromatic rings. The van der Waals surface area contributed by atoms with Crippen LogP contribution >= 0.6 is 23.6 Å². The monoisotopic (exact) mass is 588 g/mol. The molecular formula is C27H22Cl2N2O5S2. The third kappa shape index (κ3) is 5.15. The predicted octanol–water partition coefficient (Wildman–Crippen LogP) is 6.23. The van der Waals surface area contributed by atoms with Crippen LogP contribution in [0.15, 0.2) is 107 Å².